The molecular formula is C15H9N3O2. The summed E-state index contributed by atoms with van der Waals surface area (Å²) in [4.78, 5) is 0. The Morgan fingerprint density at radius 3 is 2.90 bits per heavy atom. The maximum absolute atomic E-state index is 9.01. The molecule has 0 aliphatic carbocycles. The first-order valence-corrected chi connectivity index (χ1v) is 6.13. The van der Waals surface area contributed by atoms with Crippen LogP contribution in [0.4, 0.5) is 0 Å². The first-order valence-electron chi connectivity index (χ1n) is 6.13. The molecule has 0 saturated heterocycles. The lowest BCUT2D eigenvalue weighted by molar-refractivity contribution is 0.174. The number of benzene rings is 2. The van der Waals surface area contributed by atoms with E-state index in [2.05, 4.69) is 16.3 Å². The zero-order chi connectivity index (χ0) is 13.5. The van der Waals surface area contributed by atoms with E-state index in [1.807, 2.05) is 30.3 Å². The van der Waals surface area contributed by atoms with Gasteiger partial charge >= 0.3 is 0 Å². The molecule has 0 spiro atoms. The van der Waals surface area contributed by atoms with E-state index in [1.54, 1.807) is 6.07 Å². The molecule has 5 heteroatoms. The molecule has 5 nitrogen and oxygen atoms in total. The highest BCUT2D eigenvalue weighted by atomic mass is 16.7. The van der Waals surface area contributed by atoms with Crippen LogP contribution < -0.4 is 9.47 Å². The number of hydrogen-bond donors (Lipinski definition) is 1. The molecule has 2 heterocycles. The zero-order valence-corrected chi connectivity index (χ0v) is 10.4. The number of fused-ring (bicyclic) bond motifs is 2. The van der Waals surface area contributed by atoms with Crippen LogP contribution >= 0.6 is 0 Å². The van der Waals surface area contributed by atoms with Crippen molar-refractivity contribution in [1.82, 2.24) is 10.2 Å². The van der Waals surface area contributed by atoms with E-state index in [9.17, 15) is 0 Å². The van der Waals surface area contributed by atoms with Gasteiger partial charge in [0.15, 0.2) is 11.5 Å². The molecule has 0 atom stereocenters. The van der Waals surface area contributed by atoms with Gasteiger partial charge in [0, 0.05) is 10.9 Å². The van der Waals surface area contributed by atoms with Gasteiger partial charge in [-0.15, -0.1) is 0 Å². The average Bonchev–Trinajstić information content (AvgIpc) is 3.11. The van der Waals surface area contributed by atoms with Crippen molar-refractivity contribution in [2.24, 2.45) is 0 Å². The van der Waals surface area contributed by atoms with Gasteiger partial charge in [0.2, 0.25) is 6.79 Å². The van der Waals surface area contributed by atoms with Gasteiger partial charge in [-0.25, -0.2) is 0 Å². The molecule has 0 saturated carbocycles. The molecule has 96 valence electrons. The summed E-state index contributed by atoms with van der Waals surface area (Å²) >= 11 is 0. The van der Waals surface area contributed by atoms with Crippen LogP contribution in [0.3, 0.4) is 0 Å². The fourth-order valence-corrected chi connectivity index (χ4v) is 2.35. The van der Waals surface area contributed by atoms with Gasteiger partial charge in [-0.3, -0.25) is 5.10 Å². The van der Waals surface area contributed by atoms with E-state index in [0.717, 1.165) is 33.7 Å². The second-order valence-electron chi connectivity index (χ2n) is 4.51. The molecule has 2 aromatic carbocycles. The van der Waals surface area contributed by atoms with Crippen molar-refractivity contribution < 1.29 is 9.47 Å². The van der Waals surface area contributed by atoms with Gasteiger partial charge in [-0.1, -0.05) is 0 Å². The molecule has 0 bridgehead atoms. The van der Waals surface area contributed by atoms with Crippen molar-refractivity contribution in [2.75, 3.05) is 6.79 Å². The smallest absolute Gasteiger partial charge is 0.231 e. The second kappa shape index (κ2) is 4.00. The Morgan fingerprint density at radius 2 is 2.00 bits per heavy atom. The highest BCUT2D eigenvalue weighted by molar-refractivity contribution is 5.94. The number of aromatic nitrogens is 2. The van der Waals surface area contributed by atoms with Crippen molar-refractivity contribution in [2.45, 2.75) is 0 Å². The minimum atomic E-state index is 0.249. The maximum atomic E-state index is 9.01. The molecule has 1 aliphatic rings. The van der Waals surface area contributed by atoms with Crippen LogP contribution in [0.1, 0.15) is 5.56 Å². The Hall–Kier alpha value is -3.00. The lowest BCUT2D eigenvalue weighted by atomic mass is 10.1. The van der Waals surface area contributed by atoms with Crippen molar-refractivity contribution in [3.8, 4) is 28.8 Å². The quantitative estimate of drug-likeness (QED) is 0.732. The average molecular weight is 263 g/mol. The van der Waals surface area contributed by atoms with E-state index < -0.39 is 0 Å². The predicted octanol–water partition coefficient (Wildman–Crippen LogP) is 2.83. The summed E-state index contributed by atoms with van der Waals surface area (Å²) in [6.07, 6.45) is 0. The van der Waals surface area contributed by atoms with E-state index in [4.69, 9.17) is 14.7 Å². The molecule has 1 N–H and O–H groups in total. The van der Waals surface area contributed by atoms with Gasteiger partial charge in [0.05, 0.1) is 17.1 Å². The van der Waals surface area contributed by atoms with E-state index in [1.165, 1.54) is 0 Å². The van der Waals surface area contributed by atoms with Crippen LogP contribution in [0.5, 0.6) is 11.5 Å². The summed E-state index contributed by atoms with van der Waals surface area (Å²) in [6.45, 7) is 0.249. The molecule has 20 heavy (non-hydrogen) atoms. The molecule has 0 fully saturated rings. The minimum Gasteiger partial charge on any atom is -0.454 e. The topological polar surface area (TPSA) is 70.9 Å². The monoisotopic (exact) mass is 263 g/mol. The van der Waals surface area contributed by atoms with Crippen LogP contribution in [0.15, 0.2) is 36.4 Å². The maximum Gasteiger partial charge on any atom is 0.231 e. The first-order chi connectivity index (χ1) is 9.85. The Labute approximate surface area is 114 Å². The summed E-state index contributed by atoms with van der Waals surface area (Å²) in [5.74, 6) is 1.46. The highest BCUT2D eigenvalue weighted by Gasteiger charge is 2.16. The van der Waals surface area contributed by atoms with Gasteiger partial charge in [0.1, 0.15) is 5.69 Å². The number of aromatic amines is 1. The number of H-pyrrole nitrogens is 1. The summed E-state index contributed by atoms with van der Waals surface area (Å²) < 4.78 is 10.7. The van der Waals surface area contributed by atoms with E-state index in [-0.39, 0.29) is 6.79 Å². The van der Waals surface area contributed by atoms with Crippen LogP contribution in [0, 0.1) is 11.3 Å². The third-order valence-electron chi connectivity index (χ3n) is 3.34. The van der Waals surface area contributed by atoms with Crippen LogP contribution in [-0.4, -0.2) is 17.0 Å². The lowest BCUT2D eigenvalue weighted by Crippen LogP contribution is -1.92. The number of nitrogens with zero attached hydrogens (tertiary/aromatic N) is 2. The minimum absolute atomic E-state index is 0.249. The van der Waals surface area contributed by atoms with Gasteiger partial charge in [0.25, 0.3) is 0 Å². The lowest BCUT2D eigenvalue weighted by Gasteiger charge is -2.00. The van der Waals surface area contributed by atoms with Gasteiger partial charge in [-0.2, -0.15) is 10.4 Å². The summed E-state index contributed by atoms with van der Waals surface area (Å²) in [6, 6.07) is 13.3. The van der Waals surface area contributed by atoms with E-state index >= 15 is 0 Å². The number of rotatable bonds is 1. The van der Waals surface area contributed by atoms with Crippen molar-refractivity contribution in [1.29, 1.82) is 5.26 Å². The summed E-state index contributed by atoms with van der Waals surface area (Å²) in [7, 11) is 0. The number of hydrogen-bond acceptors (Lipinski definition) is 4. The SMILES string of the molecule is N#Cc1ccc2[nH]nc(-c3ccc4c(c3)OCO4)c2c1. The molecule has 4 rings (SSSR count). The number of ether oxygens (including phenoxy) is 2. The molecule has 0 amide bonds. The number of nitriles is 1. The molecule has 0 radical (unpaired) electrons. The molecular weight excluding hydrogens is 254 g/mol. The Bertz CT molecular complexity index is 861. The van der Waals surface area contributed by atoms with Crippen molar-refractivity contribution >= 4 is 10.9 Å². The largest absolute Gasteiger partial charge is 0.454 e. The van der Waals surface area contributed by atoms with Crippen molar-refractivity contribution in [3.63, 3.8) is 0 Å². The van der Waals surface area contributed by atoms with Crippen LogP contribution in [-0.2, 0) is 0 Å². The number of nitrogens with one attached hydrogen (secondary N) is 1. The first kappa shape index (κ1) is 10.9. The standard InChI is InChI=1S/C15H9N3O2/c16-7-9-1-3-12-11(5-9)15(18-17-12)10-2-4-13-14(6-10)20-8-19-13/h1-6H,8H2,(H,17,18). The summed E-state index contributed by atoms with van der Waals surface area (Å²) in [5.41, 5.74) is 3.24. The van der Waals surface area contributed by atoms with Crippen LogP contribution in [0.25, 0.3) is 22.2 Å². The van der Waals surface area contributed by atoms with Gasteiger partial charge in [-0.05, 0) is 36.4 Å². The predicted molar refractivity (Wildman–Crippen MR) is 72.4 cm³/mol. The molecule has 3 aromatic rings. The summed E-state index contributed by atoms with van der Waals surface area (Å²) in [5, 5.41) is 17.2. The molecule has 1 aliphatic heterocycles. The second-order valence-corrected chi connectivity index (χ2v) is 4.51. The van der Waals surface area contributed by atoms with Crippen LogP contribution in [0.2, 0.25) is 0 Å². The zero-order valence-electron chi connectivity index (χ0n) is 10.4. The fraction of sp³-hybridized carbons (Fsp3) is 0.0667. The third-order valence-corrected chi connectivity index (χ3v) is 3.34. The van der Waals surface area contributed by atoms with Crippen molar-refractivity contribution in [3.05, 3.63) is 42.0 Å². The Morgan fingerprint density at radius 1 is 1.10 bits per heavy atom. The Kier molecular flexibility index (Phi) is 2.18. The third kappa shape index (κ3) is 1.52. The molecule has 1 aromatic heterocycles. The van der Waals surface area contributed by atoms with Gasteiger partial charge < -0.3 is 9.47 Å². The molecule has 0 unspecified atom stereocenters. The highest BCUT2D eigenvalue weighted by Crippen LogP contribution is 2.37. The normalized spacial score (nSPS) is 12.6. The Balaban J connectivity index is 1.92. The fourth-order valence-electron chi connectivity index (χ4n) is 2.35. The van der Waals surface area contributed by atoms with E-state index in [0.29, 0.717) is 5.56 Å².